The first-order valence-corrected chi connectivity index (χ1v) is 10.8. The van der Waals surface area contributed by atoms with Crippen molar-refractivity contribution in [2.75, 3.05) is 6.61 Å². The van der Waals surface area contributed by atoms with E-state index in [1.165, 1.54) is 0 Å². The zero-order valence-electron chi connectivity index (χ0n) is 18.6. The van der Waals surface area contributed by atoms with E-state index in [9.17, 15) is 9.59 Å². The number of hydrogen-bond acceptors (Lipinski definition) is 3. The van der Waals surface area contributed by atoms with Crippen LogP contribution in [0, 0.1) is 13.8 Å². The molecule has 30 heavy (non-hydrogen) atoms. The van der Waals surface area contributed by atoms with Gasteiger partial charge in [0.15, 0.2) is 6.61 Å². The van der Waals surface area contributed by atoms with Gasteiger partial charge in [0, 0.05) is 16.6 Å². The number of carbonyl (C=O) groups is 2. The van der Waals surface area contributed by atoms with Crippen LogP contribution in [0.25, 0.3) is 0 Å². The zero-order valence-corrected chi connectivity index (χ0v) is 20.2. The highest BCUT2D eigenvalue weighted by Crippen LogP contribution is 2.20. The highest BCUT2D eigenvalue weighted by atomic mass is 79.9. The van der Waals surface area contributed by atoms with Crippen molar-refractivity contribution in [3.8, 4) is 5.75 Å². The molecule has 1 atom stereocenters. The Morgan fingerprint density at radius 3 is 2.43 bits per heavy atom. The van der Waals surface area contributed by atoms with Crippen molar-refractivity contribution < 1.29 is 14.3 Å². The van der Waals surface area contributed by atoms with Crippen LogP contribution in [0.3, 0.4) is 0 Å². The summed E-state index contributed by atoms with van der Waals surface area (Å²) in [4.78, 5) is 27.4. The molecule has 0 aliphatic carbocycles. The molecule has 162 valence electrons. The van der Waals surface area contributed by atoms with Gasteiger partial charge in [0.1, 0.15) is 11.8 Å². The molecule has 2 rings (SSSR count). The van der Waals surface area contributed by atoms with Gasteiger partial charge < -0.3 is 15.0 Å². The van der Waals surface area contributed by atoms with Crippen molar-refractivity contribution in [1.29, 1.82) is 0 Å². The molecule has 0 aliphatic heterocycles. The van der Waals surface area contributed by atoms with Gasteiger partial charge in [-0.1, -0.05) is 45.8 Å². The molecule has 1 N–H and O–H groups in total. The van der Waals surface area contributed by atoms with Gasteiger partial charge in [-0.2, -0.15) is 0 Å². The molecule has 0 heterocycles. The third-order valence-electron chi connectivity index (χ3n) is 4.59. The molecule has 6 heteroatoms. The number of rotatable bonds is 7. The molecule has 0 fully saturated rings. The summed E-state index contributed by atoms with van der Waals surface area (Å²) in [6, 6.07) is 12.9. The van der Waals surface area contributed by atoms with Crippen LogP contribution in [-0.2, 0) is 16.1 Å². The second-order valence-corrected chi connectivity index (χ2v) is 9.54. The number of nitrogens with one attached hydrogen (secondary N) is 1. The van der Waals surface area contributed by atoms with Crippen molar-refractivity contribution in [2.24, 2.45) is 0 Å². The monoisotopic (exact) mass is 474 g/mol. The lowest BCUT2D eigenvalue weighted by Gasteiger charge is -2.31. The van der Waals surface area contributed by atoms with Gasteiger partial charge in [-0.05, 0) is 70.9 Å². The summed E-state index contributed by atoms with van der Waals surface area (Å²) in [5, 5.41) is 2.96. The van der Waals surface area contributed by atoms with Crippen molar-refractivity contribution in [3.05, 3.63) is 63.6 Å². The molecule has 0 saturated carbocycles. The van der Waals surface area contributed by atoms with E-state index in [4.69, 9.17) is 4.74 Å². The first-order chi connectivity index (χ1) is 14.0. The van der Waals surface area contributed by atoms with Crippen LogP contribution in [0.1, 0.15) is 44.4 Å². The fraction of sp³-hybridized carbons (Fsp3) is 0.417. The molecule has 0 unspecified atom stereocenters. The highest BCUT2D eigenvalue weighted by molar-refractivity contribution is 9.10. The zero-order chi connectivity index (χ0) is 22.5. The molecule has 0 aliphatic rings. The average molecular weight is 475 g/mol. The molecule has 0 spiro atoms. The number of aryl methyl sites for hydroxylation is 2. The third-order valence-corrected chi connectivity index (χ3v) is 5.08. The lowest BCUT2D eigenvalue weighted by atomic mass is 10.1. The van der Waals surface area contributed by atoms with Crippen molar-refractivity contribution >= 4 is 27.7 Å². The molecule has 0 radical (unpaired) electrons. The summed E-state index contributed by atoms with van der Waals surface area (Å²) in [6.07, 6.45) is 0. The van der Waals surface area contributed by atoms with Gasteiger partial charge >= 0.3 is 0 Å². The first-order valence-electron chi connectivity index (χ1n) is 10.0. The SMILES string of the molecule is Cc1ccc(OCC(=O)N(Cc2cccc(Br)c2)[C@@H](C)C(=O)NC(C)(C)C)c(C)c1. The number of hydrogen-bond donors (Lipinski definition) is 1. The largest absolute Gasteiger partial charge is 0.483 e. The number of carbonyl (C=O) groups excluding carboxylic acids is 2. The van der Waals surface area contributed by atoms with Crippen LogP contribution in [-0.4, -0.2) is 34.9 Å². The molecule has 0 bridgehead atoms. The van der Waals surface area contributed by atoms with E-state index in [1.807, 2.05) is 77.1 Å². The Morgan fingerprint density at radius 1 is 1.13 bits per heavy atom. The molecule has 2 aromatic rings. The normalized spacial score (nSPS) is 12.2. The second-order valence-electron chi connectivity index (χ2n) is 8.62. The number of halogens is 1. The van der Waals surface area contributed by atoms with Crippen LogP contribution >= 0.6 is 15.9 Å². The summed E-state index contributed by atoms with van der Waals surface area (Å²) >= 11 is 3.46. The highest BCUT2D eigenvalue weighted by Gasteiger charge is 2.28. The lowest BCUT2D eigenvalue weighted by Crippen LogP contribution is -2.53. The molecular weight excluding hydrogens is 444 g/mol. The Hall–Kier alpha value is -2.34. The fourth-order valence-corrected chi connectivity index (χ4v) is 3.52. The first kappa shape index (κ1) is 23.9. The molecule has 0 saturated heterocycles. The summed E-state index contributed by atoms with van der Waals surface area (Å²) < 4.78 is 6.72. The minimum Gasteiger partial charge on any atom is -0.483 e. The van der Waals surface area contributed by atoms with E-state index in [1.54, 1.807) is 11.8 Å². The van der Waals surface area contributed by atoms with E-state index in [-0.39, 0.29) is 24.0 Å². The number of ether oxygens (including phenoxy) is 1. The van der Waals surface area contributed by atoms with Gasteiger partial charge in [0.25, 0.3) is 5.91 Å². The van der Waals surface area contributed by atoms with Crippen molar-refractivity contribution in [1.82, 2.24) is 10.2 Å². The van der Waals surface area contributed by atoms with Crippen molar-refractivity contribution in [3.63, 3.8) is 0 Å². The van der Waals surface area contributed by atoms with Crippen molar-refractivity contribution in [2.45, 2.75) is 59.7 Å². The average Bonchev–Trinajstić information content (AvgIpc) is 2.63. The van der Waals surface area contributed by atoms with Gasteiger partial charge in [0.05, 0.1) is 0 Å². The number of benzene rings is 2. The van der Waals surface area contributed by atoms with Crippen LogP contribution in [0.4, 0.5) is 0 Å². The minimum atomic E-state index is -0.640. The van der Waals surface area contributed by atoms with E-state index in [0.29, 0.717) is 12.3 Å². The Kier molecular flexibility index (Phi) is 8.07. The Balaban J connectivity index is 2.20. The predicted molar refractivity (Wildman–Crippen MR) is 123 cm³/mol. The standard InChI is InChI=1S/C24H31BrN2O3/c1-16-10-11-21(17(2)12-16)30-15-22(28)27(14-19-8-7-9-20(25)13-19)18(3)23(29)26-24(4,5)6/h7-13,18H,14-15H2,1-6H3,(H,26,29)/t18-/m0/s1. The van der Waals surface area contributed by atoms with Gasteiger partial charge in [-0.15, -0.1) is 0 Å². The van der Waals surface area contributed by atoms with E-state index < -0.39 is 6.04 Å². The fourth-order valence-electron chi connectivity index (χ4n) is 3.07. The smallest absolute Gasteiger partial charge is 0.261 e. The predicted octanol–water partition coefficient (Wildman–Crippen LogP) is 4.78. The number of nitrogens with zero attached hydrogens (tertiary/aromatic N) is 1. The van der Waals surface area contributed by atoms with E-state index in [2.05, 4.69) is 21.2 Å². The maximum absolute atomic E-state index is 13.1. The topological polar surface area (TPSA) is 58.6 Å². The molecule has 0 aromatic heterocycles. The van der Waals surface area contributed by atoms with Gasteiger partial charge in [0.2, 0.25) is 5.91 Å². The maximum Gasteiger partial charge on any atom is 0.261 e. The van der Waals surface area contributed by atoms with Crippen LogP contribution < -0.4 is 10.1 Å². The second kappa shape index (κ2) is 10.1. The molecule has 5 nitrogen and oxygen atoms in total. The summed E-state index contributed by atoms with van der Waals surface area (Å²) in [6.45, 7) is 11.6. The van der Waals surface area contributed by atoms with Crippen LogP contribution in [0.2, 0.25) is 0 Å². The number of amides is 2. The summed E-state index contributed by atoms with van der Waals surface area (Å²) in [5.74, 6) is 0.229. The van der Waals surface area contributed by atoms with Gasteiger partial charge in [-0.25, -0.2) is 0 Å². The summed E-state index contributed by atoms with van der Waals surface area (Å²) in [7, 11) is 0. The quantitative estimate of drug-likeness (QED) is 0.628. The molecule has 2 aromatic carbocycles. The lowest BCUT2D eigenvalue weighted by molar-refractivity contribution is -0.142. The molecular formula is C24H31BrN2O3. The van der Waals surface area contributed by atoms with Gasteiger partial charge in [-0.3, -0.25) is 9.59 Å². The summed E-state index contributed by atoms with van der Waals surface area (Å²) in [5.41, 5.74) is 2.65. The maximum atomic E-state index is 13.1. The molecule has 2 amide bonds. The van der Waals surface area contributed by atoms with Crippen LogP contribution in [0.15, 0.2) is 46.9 Å². The Labute approximate surface area is 187 Å². The minimum absolute atomic E-state index is 0.134. The third kappa shape index (κ3) is 7.17. The Morgan fingerprint density at radius 2 is 1.83 bits per heavy atom. The van der Waals surface area contributed by atoms with E-state index in [0.717, 1.165) is 21.2 Å². The van der Waals surface area contributed by atoms with Crippen LogP contribution in [0.5, 0.6) is 5.75 Å². The van der Waals surface area contributed by atoms with E-state index >= 15 is 0 Å². The Bertz CT molecular complexity index is 906.